The third-order valence-corrected chi connectivity index (χ3v) is 5.25. The summed E-state index contributed by atoms with van der Waals surface area (Å²) in [5.74, 6) is -2.89. The Labute approximate surface area is 142 Å². The monoisotopic (exact) mass is 352 g/mol. The Morgan fingerprint density at radius 1 is 1.22 bits per heavy atom. The average molecular weight is 353 g/mol. The fourth-order valence-corrected chi connectivity index (χ4v) is 3.80. The van der Waals surface area contributed by atoms with Crippen LogP contribution in [0.1, 0.15) is 19.8 Å². The van der Waals surface area contributed by atoms with Gasteiger partial charge in [-0.3, -0.25) is 15.0 Å². The largest absolute Gasteiger partial charge is 0.340 e. The van der Waals surface area contributed by atoms with Crippen molar-refractivity contribution in [3.63, 3.8) is 0 Å². The van der Waals surface area contributed by atoms with Crippen LogP contribution in [0.4, 0.5) is 8.78 Å². The number of rotatable bonds is 3. The van der Waals surface area contributed by atoms with E-state index in [1.54, 1.807) is 4.90 Å². The first-order valence-corrected chi connectivity index (χ1v) is 8.35. The molecular weight excluding hydrogens is 326 g/mol. The average Bonchev–Trinajstić information content (AvgIpc) is 3.13. The molecule has 1 N–H and O–H groups in total. The minimum atomic E-state index is -2.74. The number of alkyl halides is 2. The predicted molar refractivity (Wildman–Crippen MR) is 87.3 cm³/mol. The molecule has 3 fully saturated rings. The van der Waals surface area contributed by atoms with Gasteiger partial charge in [-0.1, -0.05) is 6.92 Å². The van der Waals surface area contributed by atoms with Crippen molar-refractivity contribution in [1.82, 2.24) is 20.0 Å². The molecule has 0 aromatic heterocycles. The summed E-state index contributed by atoms with van der Waals surface area (Å²) in [6.07, 6.45) is 0.600. The zero-order valence-corrected chi connectivity index (χ0v) is 14.5. The van der Waals surface area contributed by atoms with Crippen molar-refractivity contribution in [2.24, 2.45) is 0 Å². The van der Waals surface area contributed by atoms with Crippen LogP contribution in [0.5, 0.6) is 0 Å². The summed E-state index contributed by atoms with van der Waals surface area (Å²) in [5.41, 5.74) is 0. The van der Waals surface area contributed by atoms with Crippen molar-refractivity contribution in [3.8, 4) is 0 Å². The number of piperazine rings is 1. The van der Waals surface area contributed by atoms with Crippen LogP contribution in [-0.4, -0.2) is 91.0 Å². The zero-order valence-electron chi connectivity index (χ0n) is 13.6. The maximum Gasteiger partial charge on any atom is 0.262 e. The van der Waals surface area contributed by atoms with E-state index >= 15 is 0 Å². The first-order chi connectivity index (χ1) is 10.5. The van der Waals surface area contributed by atoms with Gasteiger partial charge in [-0.25, -0.2) is 8.78 Å². The minimum Gasteiger partial charge on any atom is -0.340 e. The van der Waals surface area contributed by atoms with E-state index in [4.69, 9.17) is 0 Å². The highest BCUT2D eigenvalue weighted by atomic mass is 35.5. The molecule has 3 aliphatic rings. The molecule has 0 aromatic rings. The van der Waals surface area contributed by atoms with Gasteiger partial charge in [0.1, 0.15) is 0 Å². The third kappa shape index (κ3) is 4.32. The fraction of sp³-hybridized carbons (Fsp3) is 0.933. The maximum atomic E-state index is 13.2. The Bertz CT molecular complexity index is 418. The smallest absolute Gasteiger partial charge is 0.262 e. The van der Waals surface area contributed by atoms with Crippen LogP contribution >= 0.6 is 12.4 Å². The summed E-state index contributed by atoms with van der Waals surface area (Å²) in [6.45, 7) is 8.52. The van der Waals surface area contributed by atoms with Gasteiger partial charge in [-0.2, -0.15) is 0 Å². The first kappa shape index (κ1) is 18.8. The highest BCUT2D eigenvalue weighted by Crippen LogP contribution is 2.27. The highest BCUT2D eigenvalue weighted by Gasteiger charge is 2.44. The predicted octanol–water partition coefficient (Wildman–Crippen LogP) is 0.644. The number of hydrogen-bond acceptors (Lipinski definition) is 4. The van der Waals surface area contributed by atoms with E-state index in [1.165, 1.54) is 0 Å². The number of amides is 1. The Morgan fingerprint density at radius 3 is 2.48 bits per heavy atom. The SMILES string of the molecule is CCN1CCN(C2CCN(C(=O)C3CC(F)(F)CN3)C2)CC1.Cl. The van der Waals surface area contributed by atoms with E-state index in [0.29, 0.717) is 19.1 Å². The lowest BCUT2D eigenvalue weighted by molar-refractivity contribution is -0.132. The molecular formula is C15H27ClF2N4O. The van der Waals surface area contributed by atoms with Crippen molar-refractivity contribution in [2.45, 2.75) is 37.8 Å². The number of carbonyl (C=O) groups excluding carboxylic acids is 1. The van der Waals surface area contributed by atoms with E-state index in [2.05, 4.69) is 22.0 Å². The molecule has 2 atom stereocenters. The zero-order chi connectivity index (χ0) is 15.7. The van der Waals surface area contributed by atoms with Crippen LogP contribution in [0.25, 0.3) is 0 Å². The Balaban J connectivity index is 0.00000192. The molecule has 0 aromatic carbocycles. The van der Waals surface area contributed by atoms with E-state index in [-0.39, 0.29) is 31.3 Å². The van der Waals surface area contributed by atoms with Crippen LogP contribution in [0.15, 0.2) is 0 Å². The Morgan fingerprint density at radius 2 is 1.91 bits per heavy atom. The Hall–Kier alpha value is -0.500. The standard InChI is InChI=1S/C15H26F2N4O.ClH/c1-2-19-5-7-20(8-6-19)12-3-4-21(10-12)14(22)13-9-15(16,17)11-18-13;/h12-13,18H,2-11H2,1H3;1H. The molecule has 3 aliphatic heterocycles. The summed E-state index contributed by atoms with van der Waals surface area (Å²) >= 11 is 0. The molecule has 8 heteroatoms. The lowest BCUT2D eigenvalue weighted by Gasteiger charge is -2.37. The van der Waals surface area contributed by atoms with E-state index in [9.17, 15) is 13.6 Å². The van der Waals surface area contributed by atoms with E-state index in [1.807, 2.05) is 0 Å². The van der Waals surface area contributed by atoms with Gasteiger partial charge in [-0.05, 0) is 13.0 Å². The van der Waals surface area contributed by atoms with Crippen LogP contribution in [0.3, 0.4) is 0 Å². The lowest BCUT2D eigenvalue weighted by atomic mass is 10.1. The molecule has 134 valence electrons. The van der Waals surface area contributed by atoms with Crippen molar-refractivity contribution >= 4 is 18.3 Å². The molecule has 0 saturated carbocycles. The number of likely N-dealkylation sites (tertiary alicyclic amines) is 1. The van der Waals surface area contributed by atoms with Crippen LogP contribution in [-0.2, 0) is 4.79 Å². The second-order valence-electron chi connectivity index (χ2n) is 6.69. The van der Waals surface area contributed by atoms with Gasteiger partial charge in [-0.15, -0.1) is 12.4 Å². The summed E-state index contributed by atoms with van der Waals surface area (Å²) < 4.78 is 26.5. The Kier molecular flexibility index (Phi) is 6.22. The number of carbonyl (C=O) groups is 1. The molecule has 1 amide bonds. The van der Waals surface area contributed by atoms with Gasteiger partial charge in [0, 0.05) is 51.7 Å². The number of halogens is 3. The number of hydrogen-bond donors (Lipinski definition) is 1. The van der Waals surface area contributed by atoms with Crippen molar-refractivity contribution in [1.29, 1.82) is 0 Å². The molecule has 0 aliphatic carbocycles. The van der Waals surface area contributed by atoms with Crippen LogP contribution in [0, 0.1) is 0 Å². The summed E-state index contributed by atoms with van der Waals surface area (Å²) in [4.78, 5) is 19.0. The van der Waals surface area contributed by atoms with Gasteiger partial charge < -0.3 is 9.80 Å². The summed E-state index contributed by atoms with van der Waals surface area (Å²) in [7, 11) is 0. The maximum absolute atomic E-state index is 13.2. The molecule has 23 heavy (non-hydrogen) atoms. The van der Waals surface area contributed by atoms with Crippen molar-refractivity contribution < 1.29 is 13.6 Å². The number of likely N-dealkylation sites (N-methyl/N-ethyl adjacent to an activating group) is 1. The number of nitrogens with zero attached hydrogens (tertiary/aromatic N) is 3. The van der Waals surface area contributed by atoms with Gasteiger partial charge in [0.15, 0.2) is 0 Å². The van der Waals surface area contributed by atoms with Crippen molar-refractivity contribution in [3.05, 3.63) is 0 Å². The first-order valence-electron chi connectivity index (χ1n) is 8.35. The molecule has 2 unspecified atom stereocenters. The third-order valence-electron chi connectivity index (χ3n) is 5.25. The summed E-state index contributed by atoms with van der Waals surface area (Å²) in [5, 5.41) is 2.67. The van der Waals surface area contributed by atoms with Crippen molar-refractivity contribution in [2.75, 3.05) is 52.4 Å². The quantitative estimate of drug-likeness (QED) is 0.809. The minimum absolute atomic E-state index is 0. The topological polar surface area (TPSA) is 38.8 Å². The molecule has 5 nitrogen and oxygen atoms in total. The molecule has 3 saturated heterocycles. The van der Waals surface area contributed by atoms with Gasteiger partial charge in [0.2, 0.25) is 5.91 Å². The molecule has 0 spiro atoms. The highest BCUT2D eigenvalue weighted by molar-refractivity contribution is 5.85. The van der Waals surface area contributed by atoms with Crippen LogP contribution in [0.2, 0.25) is 0 Å². The molecule has 3 heterocycles. The van der Waals surface area contributed by atoms with Crippen LogP contribution < -0.4 is 5.32 Å². The molecule has 0 bridgehead atoms. The van der Waals surface area contributed by atoms with Gasteiger partial charge in [0.05, 0.1) is 12.6 Å². The molecule has 3 rings (SSSR count). The second kappa shape index (κ2) is 7.59. The van der Waals surface area contributed by atoms with Gasteiger partial charge in [0.25, 0.3) is 5.92 Å². The van der Waals surface area contributed by atoms with E-state index in [0.717, 1.165) is 39.1 Å². The fourth-order valence-electron chi connectivity index (χ4n) is 3.80. The lowest BCUT2D eigenvalue weighted by Crippen LogP contribution is -2.51. The second-order valence-corrected chi connectivity index (χ2v) is 6.69. The van der Waals surface area contributed by atoms with Gasteiger partial charge >= 0.3 is 0 Å². The number of nitrogens with one attached hydrogen (secondary N) is 1. The normalized spacial score (nSPS) is 32.0. The molecule has 0 radical (unpaired) electrons. The van der Waals surface area contributed by atoms with E-state index < -0.39 is 12.0 Å². The summed E-state index contributed by atoms with van der Waals surface area (Å²) in [6, 6.07) is -0.310.